The lowest BCUT2D eigenvalue weighted by atomic mass is 9.72. The van der Waals surface area contributed by atoms with Gasteiger partial charge in [-0.25, -0.2) is 14.4 Å². The van der Waals surface area contributed by atoms with Gasteiger partial charge in [0.15, 0.2) is 56.1 Å². The van der Waals surface area contributed by atoms with Crippen molar-refractivity contribution in [2.45, 2.75) is 360 Å². The van der Waals surface area contributed by atoms with Crippen LogP contribution in [0.25, 0.3) is 0 Å². The number of hydrogen-bond acceptors (Lipinski definition) is 46. The van der Waals surface area contributed by atoms with Crippen molar-refractivity contribution < 1.29 is 237 Å². The van der Waals surface area contributed by atoms with E-state index < -0.39 is 369 Å². The highest BCUT2D eigenvalue weighted by Gasteiger charge is 2.60. The fourth-order valence-electron chi connectivity index (χ4n) is 19.2. The SMILES string of the molecule is COC1CC(C=CC(=O)OC[C@H]2O[C@@H](OC3CC4C(O[C@@H]5O[C@H](COC(=O)CC(=O)O)[C@@H](O)[C@H](O)[C@H]5O)CC(O)CC4[OH+]C3C3CCC(O)C(O)C3)[C@H](O[C@@H]3OC[C@@H](O)[C@H](O)[C@H]3OC(=O)C=CC3CCC(O[C@@H]4O[C@H](COC(=O)C=CC5CCC(O[C@@H]6O[C@H](CO)[C@@H](O)[C@H](O)[C@H]6O)C(O)C5)[C@@H](O)[C@H](O)[C@H]4O)C(O)C3)[C@@H](O)[C@@H]2O)CC(OC)C1O[C@@H]1O[C@H](CO)[C@@H](O)[C@H](O)[C@H]1O. The third-order valence-corrected chi connectivity index (χ3v) is 26.7. The summed E-state index contributed by atoms with van der Waals surface area (Å²) in [6, 6.07) is 0. The number of aliphatic hydroxyl groups excluding tert-OH is 23. The number of methoxy groups -OCH3 is 2. The van der Waals surface area contributed by atoms with Crippen LogP contribution < -0.4 is 0 Å². The summed E-state index contributed by atoms with van der Waals surface area (Å²) in [5, 5.41) is 260. The van der Waals surface area contributed by atoms with Crippen LogP contribution in [-0.4, -0.2) is 475 Å². The van der Waals surface area contributed by atoms with E-state index in [0.717, 1.165) is 18.2 Å². The summed E-state index contributed by atoms with van der Waals surface area (Å²) in [4.78, 5) is 64.4. The van der Waals surface area contributed by atoms with E-state index in [0.29, 0.717) is 6.42 Å². The Morgan fingerprint density at radius 3 is 1.28 bits per heavy atom. The molecule has 7 aliphatic heterocycles. The van der Waals surface area contributed by atoms with Gasteiger partial charge in [-0.05, 0) is 94.8 Å². The van der Waals surface area contributed by atoms with Crippen molar-refractivity contribution in [1.82, 2.24) is 0 Å². The number of carbonyl (C=O) groups is 5. The van der Waals surface area contributed by atoms with E-state index in [9.17, 15) is 141 Å². The molecule has 17 unspecified atom stereocenters. The number of ether oxygens (including phenoxy) is 19. The highest BCUT2D eigenvalue weighted by molar-refractivity contribution is 5.90. The van der Waals surface area contributed by atoms with Crippen molar-refractivity contribution >= 4 is 29.8 Å². The Bertz CT molecular complexity index is 3660. The Morgan fingerprint density at radius 2 is 0.792 bits per heavy atom. The third-order valence-electron chi connectivity index (χ3n) is 26.7. The van der Waals surface area contributed by atoms with Gasteiger partial charge in [0.05, 0.1) is 86.8 Å². The largest absolute Gasteiger partial charge is 0.481 e. The Hall–Kier alpha value is -4.95. The lowest BCUT2D eigenvalue weighted by molar-refractivity contribution is -0.385. The molecule has 0 amide bonds. The molecule has 48 heteroatoms. The number of carboxylic acid groups (broad SMARTS) is 1. The van der Waals surface area contributed by atoms with Crippen molar-refractivity contribution in [3.05, 3.63) is 36.5 Å². The van der Waals surface area contributed by atoms with Gasteiger partial charge in [0.1, 0.15) is 173 Å². The van der Waals surface area contributed by atoms with Gasteiger partial charge in [-0.3, -0.25) is 9.59 Å². The quantitative estimate of drug-likeness (QED) is 0.00978. The van der Waals surface area contributed by atoms with Gasteiger partial charge in [-0.15, -0.1) is 0 Å². The monoisotopic (exact) mass is 1880 g/mol. The van der Waals surface area contributed by atoms with Gasteiger partial charge >= 0.3 is 29.8 Å². The predicted octanol–water partition coefficient (Wildman–Crippen LogP) is -11.6. The molecule has 25 N–H and O–H groups in total. The number of carboxylic acids is 1. The number of hydrogen-bond donors (Lipinski definition) is 24. The number of aliphatic hydroxyl groups is 25. The van der Waals surface area contributed by atoms with E-state index in [1.807, 2.05) is 0 Å². The Morgan fingerprint density at radius 1 is 0.354 bits per heavy atom. The molecule has 5 saturated carbocycles. The normalized spacial score (nSPS) is 47.6. The first-order valence-corrected chi connectivity index (χ1v) is 43.9. The zero-order valence-corrected chi connectivity index (χ0v) is 71.1. The molecule has 5 aliphatic carbocycles. The summed E-state index contributed by atoms with van der Waals surface area (Å²) in [7, 11) is 2.72. The van der Waals surface area contributed by atoms with Crippen LogP contribution in [-0.2, 0) is 109 Å². The van der Waals surface area contributed by atoms with Crippen LogP contribution in [0.15, 0.2) is 36.5 Å². The Balaban J connectivity index is 0.712. The molecule has 12 fully saturated rings. The van der Waals surface area contributed by atoms with Crippen molar-refractivity contribution in [2.24, 2.45) is 29.6 Å². The maximum absolute atomic E-state index is 14.1. The Labute approximate surface area is 743 Å². The lowest BCUT2D eigenvalue weighted by Crippen LogP contribution is -2.66. The minimum absolute atomic E-state index is 0.0130. The molecule has 0 bridgehead atoms. The minimum Gasteiger partial charge on any atom is -0.481 e. The van der Waals surface area contributed by atoms with E-state index in [1.54, 1.807) is 0 Å². The van der Waals surface area contributed by atoms with Crippen molar-refractivity contribution in [3.8, 4) is 0 Å². The first kappa shape index (κ1) is 104. The zero-order chi connectivity index (χ0) is 94.1. The first-order chi connectivity index (χ1) is 61.8. The lowest BCUT2D eigenvalue weighted by Gasteiger charge is -2.50. The van der Waals surface area contributed by atoms with Crippen LogP contribution in [0.2, 0.25) is 0 Å². The van der Waals surface area contributed by atoms with Gasteiger partial charge < -0.3 is 213 Å². The van der Waals surface area contributed by atoms with Crippen LogP contribution in [0, 0.1) is 29.6 Å². The second-order valence-corrected chi connectivity index (χ2v) is 35.6. The molecule has 130 heavy (non-hydrogen) atoms. The molecule has 48 nitrogen and oxygen atoms in total. The summed E-state index contributed by atoms with van der Waals surface area (Å²) < 4.78 is 111. The average Bonchev–Trinajstić information content (AvgIpc) is 0.778. The van der Waals surface area contributed by atoms with E-state index in [-0.39, 0.29) is 83.5 Å². The summed E-state index contributed by atoms with van der Waals surface area (Å²) in [6.07, 6.45) is -59.9. The van der Waals surface area contributed by atoms with E-state index in [1.165, 1.54) is 32.4 Å². The molecule has 7 heterocycles. The Kier molecular flexibility index (Phi) is 37.5. The zero-order valence-electron chi connectivity index (χ0n) is 71.1. The second kappa shape index (κ2) is 46.9. The predicted molar refractivity (Wildman–Crippen MR) is 419 cm³/mol. The maximum atomic E-state index is 14.1. The van der Waals surface area contributed by atoms with Crippen molar-refractivity contribution in [3.63, 3.8) is 0 Å². The molecule has 46 atom stereocenters. The number of esters is 4. The number of aliphatic carboxylic acids is 1. The van der Waals surface area contributed by atoms with Crippen LogP contribution in [0.3, 0.4) is 0 Å². The standard InChI is InChI=1S/C82H126O48/c1-112-45-17-32(18-46(113-2)74(45)129-80-72(111)65(104)60(99)49(25-84)124-80)7-13-55(94)115-28-52-63(102)68(107)76(82(127-52)122-47-22-35-43(118-73(47)33-8-9-36(86)37(87)19-33)20-34(85)21-44(35)121-79-71(110)67(106)62(101)51(126-79)29-116-57(96)23-53(91)92)130-81-75(58(97)40(90)26-117-81)128-56(95)14-6-31-4-11-42(39(89)16-31)120-78-70(109)66(105)61(100)50(125-78)27-114-54(93)12-5-30-3-10-41(38(88)15-30)119-77-69(108)64(103)59(98)48(24-83)123-77/h5-7,12-14,30-52,58-90,97-111H,3-4,8-11,15-29H2,1-2H3,(H,91,92)/p+1/t30?,31?,32?,33?,34?,35?,36?,37?,38?,39?,40-,41?,42?,43?,44?,45?,46?,47?,48-,49-,50-,51-,52-,58+,59-,60-,61-,62-,63-,64+,65+,66+,67+,68+,69-,70-,71-,72-,73?,74?,75-,76-,77-,78-,79-,80+,81+,82-/m1/s1. The average molecular weight is 1880 g/mol. The van der Waals surface area contributed by atoms with Crippen LogP contribution >= 0.6 is 0 Å². The third kappa shape index (κ3) is 25.3. The number of carbonyl (C=O) groups excluding carboxylic acids is 4. The summed E-state index contributed by atoms with van der Waals surface area (Å²) in [5.74, 6) is -8.95. The van der Waals surface area contributed by atoms with E-state index >= 15 is 0 Å². The van der Waals surface area contributed by atoms with E-state index in [2.05, 4.69) is 0 Å². The van der Waals surface area contributed by atoms with E-state index in [4.69, 9.17) is 95.1 Å². The van der Waals surface area contributed by atoms with Gasteiger partial charge in [0.25, 0.3) is 0 Å². The van der Waals surface area contributed by atoms with Gasteiger partial charge in [0, 0.05) is 51.2 Å². The van der Waals surface area contributed by atoms with Crippen LogP contribution in [0.4, 0.5) is 0 Å². The topological polar surface area (TPSA) is 750 Å². The molecule has 742 valence electrons. The van der Waals surface area contributed by atoms with Gasteiger partial charge in [-0.1, -0.05) is 18.2 Å². The molecule has 0 spiro atoms. The maximum Gasteiger partial charge on any atom is 0.330 e. The number of fused-ring (bicyclic) bond motifs is 1. The molecule has 0 aromatic rings. The van der Waals surface area contributed by atoms with Crippen LogP contribution in [0.5, 0.6) is 0 Å². The first-order valence-electron chi connectivity index (χ1n) is 43.9. The molecule has 7 saturated heterocycles. The molecule has 12 rings (SSSR count). The molecule has 12 aliphatic rings. The van der Waals surface area contributed by atoms with Gasteiger partial charge in [0.2, 0.25) is 0 Å². The highest BCUT2D eigenvalue weighted by Crippen LogP contribution is 2.46. The van der Waals surface area contributed by atoms with Crippen molar-refractivity contribution in [1.29, 1.82) is 0 Å². The molecular weight excluding hydrogens is 1750 g/mol. The second-order valence-electron chi connectivity index (χ2n) is 35.6. The fourth-order valence-corrected chi connectivity index (χ4v) is 19.2. The minimum atomic E-state index is -2.19. The summed E-state index contributed by atoms with van der Waals surface area (Å²) in [5.41, 5.74) is 0. The smallest absolute Gasteiger partial charge is 0.330 e. The summed E-state index contributed by atoms with van der Waals surface area (Å²) in [6.45, 7) is -4.47. The fraction of sp³-hybridized carbons (Fsp3) is 0.866. The molecule has 0 aromatic carbocycles. The molecule has 0 radical (unpaired) electrons. The molecule has 0 aromatic heterocycles. The van der Waals surface area contributed by atoms with Crippen molar-refractivity contribution in [2.75, 3.05) is 53.9 Å². The highest BCUT2D eigenvalue weighted by atomic mass is 16.8. The molecular formula is C82H127O48+. The van der Waals surface area contributed by atoms with Crippen LogP contribution in [0.1, 0.15) is 96.3 Å². The number of allylic oxidation sites excluding steroid dienone is 3. The summed E-state index contributed by atoms with van der Waals surface area (Å²) >= 11 is 0. The number of rotatable bonds is 32. The van der Waals surface area contributed by atoms with Gasteiger partial charge in [-0.2, -0.15) is 0 Å².